The van der Waals surface area contributed by atoms with Gasteiger partial charge in [-0.2, -0.15) is 0 Å². The normalized spacial score (nSPS) is 20.1. The van der Waals surface area contributed by atoms with Crippen molar-refractivity contribution >= 4 is 23.7 Å². The number of esters is 1. The standard InChI is InChI=1S/C13H16N2O3.C13H14N2O2/c16-11(10-5-4-8-14-9-10)15-13(12(17)18)6-2-1-3-7-13;16-12-13(6-2-1-3-7-13)15-11(17-12)10-5-4-8-14-9-10/h4-5,8-9H,1-3,6-7H2,(H,15,16)(H,17,18);4-5,8-9H,1-3,6-7H2. The number of carboxylic acid groups (broad SMARTS) is 1. The first-order valence-corrected chi connectivity index (χ1v) is 12.1. The molecule has 2 aliphatic carbocycles. The molecule has 0 radical (unpaired) electrons. The van der Waals surface area contributed by atoms with E-state index in [0.717, 1.165) is 50.5 Å². The first-order chi connectivity index (χ1) is 16.9. The van der Waals surface area contributed by atoms with Crippen LogP contribution in [0.2, 0.25) is 0 Å². The van der Waals surface area contributed by atoms with Crippen molar-refractivity contribution in [2.24, 2.45) is 4.99 Å². The maximum Gasteiger partial charge on any atom is 0.340 e. The fourth-order valence-electron chi connectivity index (χ4n) is 4.85. The minimum atomic E-state index is -1.11. The smallest absolute Gasteiger partial charge is 0.340 e. The Hall–Kier alpha value is -3.62. The fraction of sp³-hybridized carbons (Fsp3) is 0.462. The Labute approximate surface area is 204 Å². The van der Waals surface area contributed by atoms with Gasteiger partial charge in [0.25, 0.3) is 5.91 Å². The summed E-state index contributed by atoms with van der Waals surface area (Å²) < 4.78 is 5.31. The maximum absolute atomic E-state index is 12.0. The highest BCUT2D eigenvalue weighted by Gasteiger charge is 2.46. The van der Waals surface area contributed by atoms with Gasteiger partial charge in [-0.05, 0) is 49.9 Å². The van der Waals surface area contributed by atoms with Gasteiger partial charge in [0.2, 0.25) is 5.90 Å². The minimum absolute atomic E-state index is 0.184. The van der Waals surface area contributed by atoms with Gasteiger partial charge in [0.1, 0.15) is 5.54 Å². The highest BCUT2D eigenvalue weighted by atomic mass is 16.6. The van der Waals surface area contributed by atoms with E-state index in [-0.39, 0.29) is 11.9 Å². The number of hydrogen-bond acceptors (Lipinski definition) is 7. The summed E-state index contributed by atoms with van der Waals surface area (Å²) in [6.07, 6.45) is 15.0. The number of cyclic esters (lactones) is 1. The second-order valence-electron chi connectivity index (χ2n) is 9.28. The van der Waals surface area contributed by atoms with Crippen LogP contribution in [0.5, 0.6) is 0 Å². The van der Waals surface area contributed by atoms with E-state index in [0.29, 0.717) is 24.3 Å². The van der Waals surface area contributed by atoms with Crippen LogP contribution < -0.4 is 5.32 Å². The maximum atomic E-state index is 12.0. The van der Waals surface area contributed by atoms with Crippen LogP contribution in [0.4, 0.5) is 0 Å². The molecule has 2 fully saturated rings. The number of aliphatic carboxylic acids is 1. The number of pyridine rings is 2. The van der Waals surface area contributed by atoms with E-state index in [1.807, 2.05) is 12.1 Å². The van der Waals surface area contributed by atoms with E-state index in [9.17, 15) is 19.5 Å². The molecule has 5 rings (SSSR count). The molecule has 3 aliphatic rings. The highest BCUT2D eigenvalue weighted by molar-refractivity contribution is 6.07. The van der Waals surface area contributed by atoms with Gasteiger partial charge in [-0.3, -0.25) is 14.8 Å². The lowest BCUT2D eigenvalue weighted by Crippen LogP contribution is -2.55. The molecule has 3 heterocycles. The molecule has 1 amide bonds. The van der Waals surface area contributed by atoms with Gasteiger partial charge in [-0.1, -0.05) is 38.5 Å². The Morgan fingerprint density at radius 3 is 2.09 bits per heavy atom. The number of hydrogen-bond donors (Lipinski definition) is 2. The van der Waals surface area contributed by atoms with Crippen molar-refractivity contribution in [1.82, 2.24) is 15.3 Å². The van der Waals surface area contributed by atoms with Crippen LogP contribution in [0.1, 0.15) is 80.1 Å². The van der Waals surface area contributed by atoms with Crippen LogP contribution in [-0.2, 0) is 14.3 Å². The lowest BCUT2D eigenvalue weighted by molar-refractivity contribution is -0.146. The molecule has 0 saturated heterocycles. The summed E-state index contributed by atoms with van der Waals surface area (Å²) in [6.45, 7) is 0. The van der Waals surface area contributed by atoms with E-state index in [4.69, 9.17) is 4.74 Å². The van der Waals surface area contributed by atoms with Crippen LogP contribution in [0.15, 0.2) is 54.0 Å². The van der Waals surface area contributed by atoms with Gasteiger partial charge in [0.05, 0.1) is 11.1 Å². The molecular weight excluding hydrogens is 448 g/mol. The van der Waals surface area contributed by atoms with Crippen molar-refractivity contribution in [3.05, 3.63) is 60.2 Å². The number of ether oxygens (including phenoxy) is 1. The lowest BCUT2D eigenvalue weighted by atomic mass is 9.81. The van der Waals surface area contributed by atoms with E-state index in [1.165, 1.54) is 12.6 Å². The summed E-state index contributed by atoms with van der Waals surface area (Å²) in [5.74, 6) is -1.06. The molecule has 0 bridgehead atoms. The molecule has 9 heteroatoms. The Morgan fingerprint density at radius 1 is 0.886 bits per heavy atom. The van der Waals surface area contributed by atoms with Gasteiger partial charge in [0.15, 0.2) is 5.54 Å². The molecule has 0 unspecified atom stereocenters. The number of aromatic nitrogens is 2. The molecule has 0 atom stereocenters. The van der Waals surface area contributed by atoms with Crippen molar-refractivity contribution < 1.29 is 24.2 Å². The largest absolute Gasteiger partial charge is 0.480 e. The fourth-order valence-corrected chi connectivity index (χ4v) is 4.85. The summed E-state index contributed by atoms with van der Waals surface area (Å²) in [7, 11) is 0. The van der Waals surface area contributed by atoms with E-state index >= 15 is 0 Å². The summed E-state index contributed by atoms with van der Waals surface area (Å²) in [5, 5.41) is 12.0. The first-order valence-electron chi connectivity index (χ1n) is 12.1. The molecule has 2 aromatic rings. The zero-order chi connectivity index (χ0) is 24.7. The monoisotopic (exact) mass is 478 g/mol. The Balaban J connectivity index is 0.000000165. The molecule has 9 nitrogen and oxygen atoms in total. The third-order valence-corrected chi connectivity index (χ3v) is 6.87. The van der Waals surface area contributed by atoms with Crippen LogP contribution in [-0.4, -0.2) is 49.9 Å². The Bertz CT molecular complexity index is 1080. The third kappa shape index (κ3) is 5.55. The SMILES string of the molecule is O=C(NC1(C(=O)O)CCCCC1)c1cccnc1.O=C1OC(c2cccnc2)=NC12CCCCC2. The highest BCUT2D eigenvalue weighted by Crippen LogP contribution is 2.37. The second kappa shape index (κ2) is 10.8. The third-order valence-electron chi connectivity index (χ3n) is 6.87. The van der Waals surface area contributed by atoms with Crippen molar-refractivity contribution in [2.75, 3.05) is 0 Å². The average molecular weight is 479 g/mol. The number of amides is 1. The van der Waals surface area contributed by atoms with Gasteiger partial charge in [0, 0.05) is 24.8 Å². The quantitative estimate of drug-likeness (QED) is 0.641. The number of aliphatic imine (C=N–C) groups is 1. The molecule has 1 spiro atoms. The van der Waals surface area contributed by atoms with E-state index < -0.39 is 17.0 Å². The number of carbonyl (C=O) groups is 3. The second-order valence-corrected chi connectivity index (χ2v) is 9.28. The predicted octanol–water partition coefficient (Wildman–Crippen LogP) is 3.69. The molecule has 35 heavy (non-hydrogen) atoms. The molecule has 184 valence electrons. The van der Waals surface area contributed by atoms with Crippen molar-refractivity contribution in [1.29, 1.82) is 0 Å². The van der Waals surface area contributed by atoms with Crippen LogP contribution in [0.25, 0.3) is 0 Å². The zero-order valence-electron chi connectivity index (χ0n) is 19.6. The Kier molecular flexibility index (Phi) is 7.53. The van der Waals surface area contributed by atoms with Crippen molar-refractivity contribution in [3.8, 4) is 0 Å². The van der Waals surface area contributed by atoms with E-state index in [2.05, 4.69) is 20.3 Å². The number of nitrogens with zero attached hydrogens (tertiary/aromatic N) is 3. The zero-order valence-corrected chi connectivity index (χ0v) is 19.6. The first kappa shape index (κ1) is 24.5. The summed E-state index contributed by atoms with van der Waals surface area (Å²) >= 11 is 0. The molecule has 1 aliphatic heterocycles. The van der Waals surface area contributed by atoms with Crippen LogP contribution >= 0.6 is 0 Å². The molecule has 2 N–H and O–H groups in total. The molecular formula is C26H30N4O5. The predicted molar refractivity (Wildman–Crippen MR) is 128 cm³/mol. The van der Waals surface area contributed by atoms with Gasteiger partial charge in [-0.15, -0.1) is 0 Å². The molecule has 2 aromatic heterocycles. The van der Waals surface area contributed by atoms with Gasteiger partial charge >= 0.3 is 11.9 Å². The summed E-state index contributed by atoms with van der Waals surface area (Å²) in [6, 6.07) is 6.96. The molecule has 2 saturated carbocycles. The van der Waals surface area contributed by atoms with E-state index in [1.54, 1.807) is 30.7 Å². The van der Waals surface area contributed by atoms with Gasteiger partial charge in [-0.25, -0.2) is 14.6 Å². The minimum Gasteiger partial charge on any atom is -0.480 e. The van der Waals surface area contributed by atoms with Crippen molar-refractivity contribution in [2.45, 2.75) is 75.3 Å². The summed E-state index contributed by atoms with van der Waals surface area (Å²) in [4.78, 5) is 47.8. The molecule has 0 aromatic carbocycles. The summed E-state index contributed by atoms with van der Waals surface area (Å²) in [5.41, 5.74) is -0.527. The number of carboxylic acids is 1. The Morgan fingerprint density at radius 2 is 1.51 bits per heavy atom. The number of carbonyl (C=O) groups excluding carboxylic acids is 2. The average Bonchev–Trinajstić information content (AvgIpc) is 3.21. The topological polar surface area (TPSA) is 131 Å². The lowest BCUT2D eigenvalue weighted by Gasteiger charge is -2.33. The van der Waals surface area contributed by atoms with Crippen LogP contribution in [0, 0.1) is 0 Å². The van der Waals surface area contributed by atoms with Crippen molar-refractivity contribution in [3.63, 3.8) is 0 Å². The van der Waals surface area contributed by atoms with Crippen LogP contribution in [0.3, 0.4) is 0 Å². The number of nitrogens with one attached hydrogen (secondary N) is 1. The van der Waals surface area contributed by atoms with Gasteiger partial charge < -0.3 is 15.2 Å². The number of rotatable bonds is 4.